The van der Waals surface area contributed by atoms with Crippen molar-refractivity contribution in [2.75, 3.05) is 5.32 Å². The highest BCUT2D eigenvalue weighted by molar-refractivity contribution is 6.31. The Balaban J connectivity index is 1.60. The number of benzene rings is 2. The minimum atomic E-state index is -0.0453. The second-order valence-electron chi connectivity index (χ2n) is 7.21. The monoisotopic (exact) mass is 403 g/mol. The number of halogens is 1. The van der Waals surface area contributed by atoms with Gasteiger partial charge in [0.05, 0.1) is 11.4 Å². The third kappa shape index (κ3) is 4.17. The van der Waals surface area contributed by atoms with E-state index >= 15 is 0 Å². The van der Waals surface area contributed by atoms with Gasteiger partial charge in [0.2, 0.25) is 5.91 Å². The van der Waals surface area contributed by atoms with Crippen LogP contribution < -0.4 is 5.32 Å². The molecule has 4 rings (SSSR count). The zero-order valence-corrected chi connectivity index (χ0v) is 17.2. The van der Waals surface area contributed by atoms with Crippen molar-refractivity contribution in [1.82, 2.24) is 9.38 Å². The molecule has 29 heavy (non-hydrogen) atoms. The Morgan fingerprint density at radius 2 is 1.86 bits per heavy atom. The minimum absolute atomic E-state index is 0.0453. The molecule has 146 valence electrons. The molecule has 0 saturated heterocycles. The number of imidazole rings is 1. The van der Waals surface area contributed by atoms with Crippen LogP contribution in [0, 0.1) is 13.8 Å². The second-order valence-corrected chi connectivity index (χ2v) is 7.65. The highest BCUT2D eigenvalue weighted by Gasteiger charge is 2.15. The molecular weight excluding hydrogens is 382 g/mol. The maximum absolute atomic E-state index is 12.6. The molecule has 2 aromatic heterocycles. The predicted molar refractivity (Wildman–Crippen MR) is 119 cm³/mol. The van der Waals surface area contributed by atoms with Gasteiger partial charge in [-0.1, -0.05) is 53.6 Å². The molecule has 5 heteroatoms. The van der Waals surface area contributed by atoms with Gasteiger partial charge < -0.3 is 9.72 Å². The number of carbonyl (C=O) groups is 1. The van der Waals surface area contributed by atoms with Crippen LogP contribution in [0.2, 0.25) is 5.02 Å². The van der Waals surface area contributed by atoms with Crippen molar-refractivity contribution in [2.45, 2.75) is 26.7 Å². The Labute approximate surface area is 175 Å². The molecule has 0 aliphatic carbocycles. The van der Waals surface area contributed by atoms with Gasteiger partial charge in [-0.05, 0) is 50.1 Å². The molecule has 0 aliphatic heterocycles. The summed E-state index contributed by atoms with van der Waals surface area (Å²) < 4.78 is 2.06. The molecule has 0 fully saturated rings. The number of aromatic nitrogens is 2. The van der Waals surface area contributed by atoms with E-state index < -0.39 is 0 Å². The number of anilines is 1. The predicted octanol–water partition coefficient (Wildman–Crippen LogP) is 5.84. The third-order valence-corrected chi connectivity index (χ3v) is 5.25. The summed E-state index contributed by atoms with van der Waals surface area (Å²) in [5, 5.41) is 3.58. The third-order valence-electron chi connectivity index (χ3n) is 5.02. The first kappa shape index (κ1) is 19.2. The first-order valence-corrected chi connectivity index (χ1v) is 9.98. The van der Waals surface area contributed by atoms with E-state index in [1.807, 2.05) is 43.5 Å². The Morgan fingerprint density at radius 3 is 2.66 bits per heavy atom. The van der Waals surface area contributed by atoms with Gasteiger partial charge in [0, 0.05) is 28.9 Å². The summed E-state index contributed by atoms with van der Waals surface area (Å²) in [7, 11) is 0. The fraction of sp³-hybridized carbons (Fsp3) is 0.167. The van der Waals surface area contributed by atoms with E-state index in [0.717, 1.165) is 33.8 Å². The highest BCUT2D eigenvalue weighted by Crippen LogP contribution is 2.26. The summed E-state index contributed by atoms with van der Waals surface area (Å²) in [5.74, 6) is -0.0453. The van der Waals surface area contributed by atoms with Gasteiger partial charge in [0.15, 0.2) is 0 Å². The van der Waals surface area contributed by atoms with Gasteiger partial charge in [-0.25, -0.2) is 4.98 Å². The first-order chi connectivity index (χ1) is 14.0. The number of nitrogens with zero attached hydrogens (tertiary/aromatic N) is 2. The summed E-state index contributed by atoms with van der Waals surface area (Å²) in [6.45, 7) is 4.02. The second kappa shape index (κ2) is 8.10. The first-order valence-electron chi connectivity index (χ1n) is 9.60. The van der Waals surface area contributed by atoms with Crippen LogP contribution in [0.4, 0.5) is 5.69 Å². The lowest BCUT2D eigenvalue weighted by Gasteiger charge is -2.10. The fourth-order valence-corrected chi connectivity index (χ4v) is 3.57. The van der Waals surface area contributed by atoms with Crippen LogP contribution in [0.5, 0.6) is 0 Å². The molecule has 1 N–H and O–H groups in total. The number of nitrogens with one attached hydrogen (secondary N) is 1. The van der Waals surface area contributed by atoms with E-state index in [4.69, 9.17) is 16.6 Å². The van der Waals surface area contributed by atoms with Gasteiger partial charge in [0.25, 0.3) is 0 Å². The summed E-state index contributed by atoms with van der Waals surface area (Å²) >= 11 is 6.06. The van der Waals surface area contributed by atoms with Crippen molar-refractivity contribution >= 4 is 28.8 Å². The van der Waals surface area contributed by atoms with Crippen LogP contribution in [0.15, 0.2) is 66.9 Å². The Morgan fingerprint density at radius 1 is 1.07 bits per heavy atom. The van der Waals surface area contributed by atoms with Crippen LogP contribution in [0.25, 0.3) is 16.9 Å². The standard InChI is InChI=1S/C24H22ClN3O/c1-16-6-9-18(10-7-16)24-21(28-14-4-3-5-22(28)27-24)12-13-23(29)26-20-15-19(25)11-8-17(20)2/h3-11,14-15H,12-13H2,1-2H3,(H,26,29). The SMILES string of the molecule is Cc1ccc(-c2nc3ccccn3c2CCC(=O)Nc2cc(Cl)ccc2C)cc1. The normalized spacial score (nSPS) is 11.0. The molecule has 0 spiro atoms. The number of amides is 1. The van der Waals surface area contributed by atoms with E-state index in [2.05, 4.69) is 40.9 Å². The average Bonchev–Trinajstić information content (AvgIpc) is 3.08. The molecule has 0 radical (unpaired) electrons. The van der Waals surface area contributed by atoms with Crippen molar-refractivity contribution in [3.63, 3.8) is 0 Å². The van der Waals surface area contributed by atoms with E-state index in [1.54, 1.807) is 6.07 Å². The van der Waals surface area contributed by atoms with Gasteiger partial charge in [-0.2, -0.15) is 0 Å². The molecule has 1 amide bonds. The zero-order chi connectivity index (χ0) is 20.4. The Hall–Kier alpha value is -3.11. The van der Waals surface area contributed by atoms with Crippen molar-refractivity contribution in [2.24, 2.45) is 0 Å². The van der Waals surface area contributed by atoms with E-state index in [0.29, 0.717) is 17.9 Å². The Bertz CT molecular complexity index is 1180. The maximum Gasteiger partial charge on any atom is 0.224 e. The molecule has 0 bridgehead atoms. The Kier molecular flexibility index (Phi) is 5.36. The zero-order valence-electron chi connectivity index (χ0n) is 16.4. The van der Waals surface area contributed by atoms with Crippen LogP contribution in [-0.2, 0) is 11.2 Å². The fourth-order valence-electron chi connectivity index (χ4n) is 3.40. The van der Waals surface area contributed by atoms with E-state index in [1.165, 1.54) is 5.56 Å². The molecule has 0 unspecified atom stereocenters. The summed E-state index contributed by atoms with van der Waals surface area (Å²) in [5.41, 5.74) is 6.82. The minimum Gasteiger partial charge on any atom is -0.326 e. The van der Waals surface area contributed by atoms with Gasteiger partial charge >= 0.3 is 0 Å². The van der Waals surface area contributed by atoms with Gasteiger partial charge in [0.1, 0.15) is 5.65 Å². The lowest BCUT2D eigenvalue weighted by atomic mass is 10.1. The molecule has 4 nitrogen and oxygen atoms in total. The number of hydrogen-bond donors (Lipinski definition) is 1. The van der Waals surface area contributed by atoms with Crippen molar-refractivity contribution < 1.29 is 4.79 Å². The topological polar surface area (TPSA) is 46.4 Å². The number of pyridine rings is 1. The van der Waals surface area contributed by atoms with Gasteiger partial charge in [-0.15, -0.1) is 0 Å². The molecule has 2 aromatic carbocycles. The van der Waals surface area contributed by atoms with E-state index in [9.17, 15) is 4.79 Å². The van der Waals surface area contributed by atoms with Crippen LogP contribution >= 0.6 is 11.6 Å². The van der Waals surface area contributed by atoms with Crippen LogP contribution in [0.3, 0.4) is 0 Å². The van der Waals surface area contributed by atoms with E-state index in [-0.39, 0.29) is 5.91 Å². The highest BCUT2D eigenvalue weighted by atomic mass is 35.5. The molecular formula is C24H22ClN3O. The van der Waals surface area contributed by atoms with Crippen molar-refractivity contribution in [1.29, 1.82) is 0 Å². The lowest BCUT2D eigenvalue weighted by molar-refractivity contribution is -0.116. The smallest absolute Gasteiger partial charge is 0.224 e. The number of carbonyl (C=O) groups excluding carboxylic acids is 1. The number of rotatable bonds is 5. The summed E-state index contributed by atoms with van der Waals surface area (Å²) in [6, 6.07) is 19.8. The average molecular weight is 404 g/mol. The van der Waals surface area contributed by atoms with Crippen LogP contribution in [-0.4, -0.2) is 15.3 Å². The largest absolute Gasteiger partial charge is 0.326 e. The summed E-state index contributed by atoms with van der Waals surface area (Å²) in [4.78, 5) is 17.4. The molecule has 0 aliphatic rings. The quantitative estimate of drug-likeness (QED) is 0.454. The molecule has 4 aromatic rings. The number of hydrogen-bond acceptors (Lipinski definition) is 2. The van der Waals surface area contributed by atoms with Crippen molar-refractivity contribution in [3.05, 3.63) is 88.7 Å². The molecule has 0 saturated carbocycles. The summed E-state index contributed by atoms with van der Waals surface area (Å²) in [6.07, 6.45) is 2.93. The van der Waals surface area contributed by atoms with Crippen LogP contribution in [0.1, 0.15) is 23.2 Å². The number of fused-ring (bicyclic) bond motifs is 1. The number of aryl methyl sites for hydroxylation is 3. The van der Waals surface area contributed by atoms with Gasteiger partial charge in [-0.3, -0.25) is 4.79 Å². The van der Waals surface area contributed by atoms with Crippen molar-refractivity contribution in [3.8, 4) is 11.3 Å². The lowest BCUT2D eigenvalue weighted by Crippen LogP contribution is -2.14. The molecule has 0 atom stereocenters. The maximum atomic E-state index is 12.6. The molecule has 2 heterocycles.